The summed E-state index contributed by atoms with van der Waals surface area (Å²) in [6.07, 6.45) is 0. The third kappa shape index (κ3) is 4.36. The average molecular weight is 206 g/mol. The molecular formula is C13H12F2. The normalized spacial score (nSPS) is 9.00. The van der Waals surface area contributed by atoms with E-state index in [1.54, 1.807) is 0 Å². The van der Waals surface area contributed by atoms with Crippen LogP contribution < -0.4 is 0 Å². The molecule has 2 aromatic rings. The summed E-state index contributed by atoms with van der Waals surface area (Å²) in [5.41, 5.74) is 1.32. The van der Waals surface area contributed by atoms with Crippen molar-refractivity contribution >= 4 is 0 Å². The highest BCUT2D eigenvalue weighted by Gasteiger charge is 1.93. The van der Waals surface area contributed by atoms with Crippen molar-refractivity contribution in [2.45, 2.75) is 6.92 Å². The molecule has 0 spiro atoms. The number of hydrogen-bond donors (Lipinski definition) is 0. The summed E-state index contributed by atoms with van der Waals surface area (Å²) in [6, 6.07) is 15.3. The lowest BCUT2D eigenvalue weighted by molar-refractivity contribution is 0.508. The predicted molar refractivity (Wildman–Crippen MR) is 57.5 cm³/mol. The Kier molecular flexibility index (Phi) is 4.48. The summed E-state index contributed by atoms with van der Waals surface area (Å²) >= 11 is 0. The molecule has 0 unspecified atom stereocenters. The Morgan fingerprint density at radius 1 is 0.667 bits per heavy atom. The van der Waals surface area contributed by atoms with E-state index < -0.39 is 11.6 Å². The first kappa shape index (κ1) is 11.4. The van der Waals surface area contributed by atoms with Crippen LogP contribution in [0.4, 0.5) is 8.78 Å². The topological polar surface area (TPSA) is 0 Å². The summed E-state index contributed by atoms with van der Waals surface area (Å²) in [5.74, 6) is -1.60. The summed E-state index contributed by atoms with van der Waals surface area (Å²) in [5, 5.41) is 0. The summed E-state index contributed by atoms with van der Waals surface area (Å²) in [6.45, 7) is 2.08. The first-order valence-electron chi connectivity index (χ1n) is 4.62. The van der Waals surface area contributed by atoms with Crippen molar-refractivity contribution < 1.29 is 8.78 Å². The van der Waals surface area contributed by atoms with Gasteiger partial charge in [-0.3, -0.25) is 0 Å². The maximum Gasteiger partial charge on any atom is 0.158 e. The number of benzene rings is 2. The smallest absolute Gasteiger partial charge is 0.158 e. The molecule has 0 aliphatic rings. The molecule has 78 valence electrons. The Labute approximate surface area is 88.2 Å². The van der Waals surface area contributed by atoms with Crippen LogP contribution in [0.1, 0.15) is 5.56 Å². The van der Waals surface area contributed by atoms with Crippen molar-refractivity contribution in [1.29, 1.82) is 0 Å². The van der Waals surface area contributed by atoms with E-state index in [1.807, 2.05) is 18.2 Å². The second-order valence-electron chi connectivity index (χ2n) is 3.07. The van der Waals surface area contributed by atoms with Crippen LogP contribution in [0.25, 0.3) is 0 Å². The molecular weight excluding hydrogens is 194 g/mol. The van der Waals surface area contributed by atoms with Crippen LogP contribution in [0.15, 0.2) is 54.6 Å². The van der Waals surface area contributed by atoms with Crippen molar-refractivity contribution in [1.82, 2.24) is 0 Å². The Balaban J connectivity index is 0.000000151. The SMILES string of the molecule is Cc1ccccc1.Fc1ccccc1F. The highest BCUT2D eigenvalue weighted by atomic mass is 19.2. The van der Waals surface area contributed by atoms with Gasteiger partial charge in [0.15, 0.2) is 11.6 Å². The van der Waals surface area contributed by atoms with E-state index in [4.69, 9.17) is 0 Å². The Morgan fingerprint density at radius 3 is 1.33 bits per heavy atom. The molecule has 0 N–H and O–H groups in total. The fraction of sp³-hybridized carbons (Fsp3) is 0.0769. The molecule has 0 amide bonds. The van der Waals surface area contributed by atoms with Crippen LogP contribution in [0.5, 0.6) is 0 Å². The number of halogens is 2. The maximum atomic E-state index is 11.9. The number of rotatable bonds is 0. The zero-order chi connectivity index (χ0) is 11.1. The number of hydrogen-bond acceptors (Lipinski definition) is 0. The van der Waals surface area contributed by atoms with Crippen LogP contribution in [-0.4, -0.2) is 0 Å². The fourth-order valence-electron chi connectivity index (χ4n) is 0.974. The van der Waals surface area contributed by atoms with E-state index in [1.165, 1.54) is 17.7 Å². The molecule has 0 heterocycles. The lowest BCUT2D eigenvalue weighted by atomic mass is 10.2. The summed E-state index contributed by atoms with van der Waals surface area (Å²) in [7, 11) is 0. The lowest BCUT2D eigenvalue weighted by Gasteiger charge is -1.85. The van der Waals surface area contributed by atoms with E-state index in [0.29, 0.717) is 0 Å². The van der Waals surface area contributed by atoms with Crippen LogP contribution in [0, 0.1) is 18.6 Å². The molecule has 2 aromatic carbocycles. The van der Waals surface area contributed by atoms with Crippen molar-refractivity contribution in [3.05, 3.63) is 71.8 Å². The monoisotopic (exact) mass is 206 g/mol. The maximum absolute atomic E-state index is 11.9. The van der Waals surface area contributed by atoms with Gasteiger partial charge in [0.2, 0.25) is 0 Å². The standard InChI is InChI=1S/C7H8.C6H4F2/c1-7-5-3-2-4-6-7;7-5-3-1-2-4-6(5)8/h2-6H,1H3;1-4H. The Morgan fingerprint density at radius 2 is 1.07 bits per heavy atom. The third-order valence-corrected chi connectivity index (χ3v) is 1.76. The minimum Gasteiger partial charge on any atom is -0.204 e. The molecule has 0 atom stereocenters. The molecule has 2 heteroatoms. The average Bonchev–Trinajstić information content (AvgIpc) is 2.25. The van der Waals surface area contributed by atoms with Gasteiger partial charge in [0.25, 0.3) is 0 Å². The second kappa shape index (κ2) is 5.91. The van der Waals surface area contributed by atoms with Crippen LogP contribution in [-0.2, 0) is 0 Å². The Bertz CT molecular complexity index is 375. The van der Waals surface area contributed by atoms with Gasteiger partial charge < -0.3 is 0 Å². The first-order chi connectivity index (χ1) is 7.20. The third-order valence-electron chi connectivity index (χ3n) is 1.76. The number of aryl methyl sites for hydroxylation is 1. The van der Waals surface area contributed by atoms with Crippen LogP contribution in [0.3, 0.4) is 0 Å². The highest BCUT2D eigenvalue weighted by molar-refractivity contribution is 5.11. The van der Waals surface area contributed by atoms with Gasteiger partial charge in [-0.05, 0) is 19.1 Å². The lowest BCUT2D eigenvalue weighted by Crippen LogP contribution is -1.77. The molecule has 2 rings (SSSR count). The quantitative estimate of drug-likeness (QED) is 0.612. The molecule has 15 heavy (non-hydrogen) atoms. The predicted octanol–water partition coefficient (Wildman–Crippen LogP) is 3.96. The van der Waals surface area contributed by atoms with Crippen LogP contribution in [0.2, 0.25) is 0 Å². The summed E-state index contributed by atoms with van der Waals surface area (Å²) < 4.78 is 23.9. The first-order valence-corrected chi connectivity index (χ1v) is 4.62. The zero-order valence-electron chi connectivity index (χ0n) is 8.45. The van der Waals surface area contributed by atoms with E-state index in [9.17, 15) is 8.78 Å². The zero-order valence-corrected chi connectivity index (χ0v) is 8.45. The van der Waals surface area contributed by atoms with Gasteiger partial charge in [-0.1, -0.05) is 48.0 Å². The van der Waals surface area contributed by atoms with Crippen LogP contribution >= 0.6 is 0 Å². The molecule has 0 aliphatic heterocycles. The van der Waals surface area contributed by atoms with Crippen molar-refractivity contribution in [3.63, 3.8) is 0 Å². The molecule has 0 fully saturated rings. The van der Waals surface area contributed by atoms with Gasteiger partial charge in [-0.25, -0.2) is 8.78 Å². The molecule has 0 aliphatic carbocycles. The molecule has 0 bridgehead atoms. The second-order valence-corrected chi connectivity index (χ2v) is 3.07. The Hall–Kier alpha value is -1.70. The van der Waals surface area contributed by atoms with Crippen molar-refractivity contribution in [2.24, 2.45) is 0 Å². The fourth-order valence-corrected chi connectivity index (χ4v) is 0.974. The van der Waals surface area contributed by atoms with Gasteiger partial charge in [-0.2, -0.15) is 0 Å². The van der Waals surface area contributed by atoms with Gasteiger partial charge in [0.05, 0.1) is 0 Å². The molecule has 0 nitrogen and oxygen atoms in total. The molecule has 0 saturated carbocycles. The highest BCUT2D eigenvalue weighted by Crippen LogP contribution is 2.01. The van der Waals surface area contributed by atoms with Crippen molar-refractivity contribution in [2.75, 3.05) is 0 Å². The van der Waals surface area contributed by atoms with E-state index in [0.717, 1.165) is 12.1 Å². The minimum atomic E-state index is -0.799. The molecule has 0 aromatic heterocycles. The van der Waals surface area contributed by atoms with E-state index in [-0.39, 0.29) is 0 Å². The van der Waals surface area contributed by atoms with E-state index in [2.05, 4.69) is 19.1 Å². The minimum absolute atomic E-state index is 0.799. The van der Waals surface area contributed by atoms with Crippen molar-refractivity contribution in [3.8, 4) is 0 Å². The van der Waals surface area contributed by atoms with Gasteiger partial charge in [-0.15, -0.1) is 0 Å². The van der Waals surface area contributed by atoms with Gasteiger partial charge >= 0.3 is 0 Å². The summed E-state index contributed by atoms with van der Waals surface area (Å²) in [4.78, 5) is 0. The van der Waals surface area contributed by atoms with Gasteiger partial charge in [0, 0.05) is 0 Å². The van der Waals surface area contributed by atoms with E-state index >= 15 is 0 Å². The van der Waals surface area contributed by atoms with Gasteiger partial charge in [0.1, 0.15) is 0 Å². The molecule has 0 radical (unpaired) electrons. The largest absolute Gasteiger partial charge is 0.204 e. The molecule has 0 saturated heterocycles.